The lowest BCUT2D eigenvalue weighted by Gasteiger charge is -2.33. The van der Waals surface area contributed by atoms with Crippen LogP contribution in [0.4, 0.5) is 5.69 Å². The Labute approximate surface area is 168 Å². The lowest BCUT2D eigenvalue weighted by atomic mass is 9.99. The van der Waals surface area contributed by atoms with E-state index in [1.807, 2.05) is 31.2 Å². The zero-order chi connectivity index (χ0) is 19.9. The van der Waals surface area contributed by atoms with Crippen molar-refractivity contribution < 1.29 is 9.53 Å². The minimum absolute atomic E-state index is 0.0517. The number of carbonyl (C=O) groups excluding carboxylic acids is 1. The molecule has 4 nitrogen and oxygen atoms in total. The maximum Gasteiger partial charge on any atom is 0.244 e. The van der Waals surface area contributed by atoms with Gasteiger partial charge in [0.25, 0.3) is 0 Å². The summed E-state index contributed by atoms with van der Waals surface area (Å²) in [4.78, 5) is 14.8. The normalized spacial score (nSPS) is 18.1. The predicted octanol–water partition coefficient (Wildman–Crippen LogP) is 4.82. The third-order valence-electron chi connectivity index (χ3n) is 5.33. The highest BCUT2D eigenvalue weighted by Crippen LogP contribution is 2.24. The molecule has 2 unspecified atom stereocenters. The Hall–Kier alpha value is -2.75. The molecule has 0 saturated carbocycles. The third-order valence-corrected chi connectivity index (χ3v) is 5.33. The van der Waals surface area contributed by atoms with Gasteiger partial charge in [-0.15, -0.1) is 0 Å². The van der Waals surface area contributed by atoms with Crippen molar-refractivity contribution in [3.8, 4) is 5.75 Å². The van der Waals surface area contributed by atoms with Crippen molar-refractivity contribution in [2.75, 3.05) is 25.1 Å². The van der Waals surface area contributed by atoms with Gasteiger partial charge in [0.05, 0.1) is 13.2 Å². The van der Waals surface area contributed by atoms with Crippen LogP contribution in [-0.4, -0.2) is 26.1 Å². The van der Waals surface area contributed by atoms with Crippen LogP contribution in [0.3, 0.4) is 0 Å². The monoisotopic (exact) mass is 378 g/mol. The Morgan fingerprint density at radius 1 is 1.21 bits per heavy atom. The Morgan fingerprint density at radius 3 is 2.68 bits per heavy atom. The van der Waals surface area contributed by atoms with E-state index >= 15 is 0 Å². The predicted molar refractivity (Wildman–Crippen MR) is 116 cm³/mol. The van der Waals surface area contributed by atoms with Gasteiger partial charge in [-0.25, -0.2) is 0 Å². The summed E-state index contributed by atoms with van der Waals surface area (Å²) in [6.45, 7) is 6.58. The smallest absolute Gasteiger partial charge is 0.244 e. The van der Waals surface area contributed by atoms with E-state index < -0.39 is 0 Å². The average Bonchev–Trinajstić information content (AvgIpc) is 2.72. The van der Waals surface area contributed by atoms with Crippen molar-refractivity contribution in [1.82, 2.24) is 5.32 Å². The van der Waals surface area contributed by atoms with Gasteiger partial charge in [0.2, 0.25) is 5.91 Å². The summed E-state index contributed by atoms with van der Waals surface area (Å²) >= 11 is 0. The minimum Gasteiger partial charge on any atom is -0.496 e. The molecule has 2 atom stereocenters. The van der Waals surface area contributed by atoms with Gasteiger partial charge in [-0.2, -0.15) is 0 Å². The molecule has 0 bridgehead atoms. The van der Waals surface area contributed by atoms with E-state index in [1.165, 1.54) is 18.5 Å². The molecule has 0 aromatic heterocycles. The molecule has 148 valence electrons. The van der Waals surface area contributed by atoms with Gasteiger partial charge in [0, 0.05) is 30.4 Å². The topological polar surface area (TPSA) is 41.6 Å². The van der Waals surface area contributed by atoms with Gasteiger partial charge in [-0.3, -0.25) is 4.79 Å². The van der Waals surface area contributed by atoms with Crippen molar-refractivity contribution in [2.24, 2.45) is 5.92 Å². The van der Waals surface area contributed by atoms with Crippen LogP contribution in [0.2, 0.25) is 0 Å². The minimum atomic E-state index is -0.118. The fourth-order valence-corrected chi connectivity index (χ4v) is 3.71. The first-order chi connectivity index (χ1) is 13.6. The number of hydrogen-bond donors (Lipinski definition) is 1. The zero-order valence-electron chi connectivity index (χ0n) is 17.0. The quantitative estimate of drug-likeness (QED) is 0.733. The number of hydrogen-bond acceptors (Lipinski definition) is 3. The zero-order valence-corrected chi connectivity index (χ0v) is 17.0. The van der Waals surface area contributed by atoms with Gasteiger partial charge in [-0.05, 0) is 55.5 Å². The highest BCUT2D eigenvalue weighted by Gasteiger charge is 2.17. The lowest BCUT2D eigenvalue weighted by Crippen LogP contribution is -2.34. The van der Waals surface area contributed by atoms with Crippen LogP contribution in [0.25, 0.3) is 6.08 Å². The second-order valence-corrected chi connectivity index (χ2v) is 7.59. The molecule has 1 heterocycles. The first-order valence-electron chi connectivity index (χ1n) is 10.0. The maximum atomic E-state index is 12.3. The molecule has 28 heavy (non-hydrogen) atoms. The van der Waals surface area contributed by atoms with Crippen molar-refractivity contribution in [3.63, 3.8) is 0 Å². The number of nitrogens with zero attached hydrogens (tertiary/aromatic N) is 1. The second kappa shape index (κ2) is 9.45. The first kappa shape index (κ1) is 20.0. The van der Waals surface area contributed by atoms with Crippen molar-refractivity contribution in [3.05, 3.63) is 65.7 Å². The van der Waals surface area contributed by atoms with Gasteiger partial charge < -0.3 is 15.0 Å². The largest absolute Gasteiger partial charge is 0.496 e. The number of methoxy groups -OCH3 is 1. The van der Waals surface area contributed by atoms with E-state index in [0.717, 1.165) is 35.9 Å². The number of rotatable bonds is 6. The molecule has 1 saturated heterocycles. The SMILES string of the molecule is COc1ccccc1/C=C/C(=O)NC(C)c1ccc(N2CCCC(C)C2)cc1. The van der Waals surface area contributed by atoms with Gasteiger partial charge in [0.15, 0.2) is 0 Å². The highest BCUT2D eigenvalue weighted by atomic mass is 16.5. The summed E-state index contributed by atoms with van der Waals surface area (Å²) in [6.07, 6.45) is 5.91. The van der Waals surface area contributed by atoms with Crippen LogP contribution in [0, 0.1) is 5.92 Å². The van der Waals surface area contributed by atoms with E-state index in [-0.39, 0.29) is 11.9 Å². The summed E-state index contributed by atoms with van der Waals surface area (Å²) < 4.78 is 5.31. The van der Waals surface area contributed by atoms with E-state index in [1.54, 1.807) is 19.3 Å². The summed E-state index contributed by atoms with van der Waals surface area (Å²) in [6, 6.07) is 16.1. The van der Waals surface area contributed by atoms with Gasteiger partial charge >= 0.3 is 0 Å². The maximum absolute atomic E-state index is 12.3. The Bertz CT molecular complexity index is 814. The molecule has 1 N–H and O–H groups in total. The number of benzene rings is 2. The van der Waals surface area contributed by atoms with Crippen LogP contribution < -0.4 is 15.0 Å². The van der Waals surface area contributed by atoms with Crippen molar-refractivity contribution in [2.45, 2.75) is 32.7 Å². The van der Waals surface area contributed by atoms with Crippen LogP contribution in [0.15, 0.2) is 54.6 Å². The van der Waals surface area contributed by atoms with Gasteiger partial charge in [0.1, 0.15) is 5.75 Å². The molecule has 1 amide bonds. The molecule has 1 aliphatic rings. The van der Waals surface area contributed by atoms with Gasteiger partial charge in [-0.1, -0.05) is 37.3 Å². The fourth-order valence-electron chi connectivity index (χ4n) is 3.71. The lowest BCUT2D eigenvalue weighted by molar-refractivity contribution is -0.117. The third kappa shape index (κ3) is 5.16. The fraction of sp³-hybridized carbons (Fsp3) is 0.375. The molecule has 2 aromatic rings. The summed E-state index contributed by atoms with van der Waals surface area (Å²) in [5.74, 6) is 1.39. The number of anilines is 1. The van der Waals surface area contributed by atoms with Crippen LogP contribution in [-0.2, 0) is 4.79 Å². The molecule has 0 radical (unpaired) electrons. The second-order valence-electron chi connectivity index (χ2n) is 7.59. The standard InChI is InChI=1S/C24H30N2O2/c1-18-7-6-16-26(17-18)22-13-10-20(11-14-22)19(2)25-24(27)15-12-21-8-4-5-9-23(21)28-3/h4-5,8-15,18-19H,6-7,16-17H2,1-3H3,(H,25,27)/b15-12+. The Kier molecular flexibility index (Phi) is 6.75. The highest BCUT2D eigenvalue weighted by molar-refractivity contribution is 5.92. The summed E-state index contributed by atoms with van der Waals surface area (Å²) in [5, 5.41) is 3.03. The van der Waals surface area contributed by atoms with Crippen LogP contribution in [0.5, 0.6) is 5.75 Å². The average molecular weight is 379 g/mol. The molecule has 3 rings (SSSR count). The van der Waals surface area contributed by atoms with E-state index in [9.17, 15) is 4.79 Å². The van der Waals surface area contributed by atoms with Crippen molar-refractivity contribution in [1.29, 1.82) is 0 Å². The number of ether oxygens (including phenoxy) is 1. The van der Waals surface area contributed by atoms with Crippen LogP contribution >= 0.6 is 0 Å². The molecule has 2 aromatic carbocycles. The first-order valence-corrected chi connectivity index (χ1v) is 10.0. The Morgan fingerprint density at radius 2 is 1.96 bits per heavy atom. The molecule has 1 aliphatic heterocycles. The number of carbonyl (C=O) groups is 1. The molecule has 0 spiro atoms. The number of piperidine rings is 1. The van der Waals surface area contributed by atoms with E-state index in [0.29, 0.717) is 0 Å². The van der Waals surface area contributed by atoms with Crippen molar-refractivity contribution >= 4 is 17.7 Å². The summed E-state index contributed by atoms with van der Waals surface area (Å²) in [7, 11) is 1.63. The van der Waals surface area contributed by atoms with E-state index in [2.05, 4.69) is 41.4 Å². The molecular weight excluding hydrogens is 348 g/mol. The van der Waals surface area contributed by atoms with Crippen LogP contribution in [0.1, 0.15) is 43.9 Å². The number of amides is 1. The summed E-state index contributed by atoms with van der Waals surface area (Å²) in [5.41, 5.74) is 3.26. The molecular formula is C24H30N2O2. The molecule has 0 aliphatic carbocycles. The van der Waals surface area contributed by atoms with E-state index in [4.69, 9.17) is 4.74 Å². The Balaban J connectivity index is 1.58. The molecule has 1 fully saturated rings. The number of para-hydroxylation sites is 1. The molecule has 4 heteroatoms. The number of nitrogens with one attached hydrogen (secondary N) is 1.